The standard InChI is InChI=1S/C6H2F5NO2S/c7-5(8,4(13)14)2-1-15-3(12-2)6(9,10)11/h1H,(H,13,14). The summed E-state index contributed by atoms with van der Waals surface area (Å²) in [4.78, 5) is 12.6. The molecule has 0 saturated heterocycles. The molecule has 0 amide bonds. The van der Waals surface area contributed by atoms with Crippen molar-refractivity contribution in [3.05, 3.63) is 16.1 Å². The maximum Gasteiger partial charge on any atom is 0.443 e. The van der Waals surface area contributed by atoms with Gasteiger partial charge in [0.15, 0.2) is 5.01 Å². The van der Waals surface area contributed by atoms with Crippen LogP contribution >= 0.6 is 11.3 Å². The fraction of sp³-hybridized carbons (Fsp3) is 0.333. The molecule has 0 aliphatic rings. The predicted octanol–water partition coefficient (Wildman–Crippen LogP) is 2.34. The van der Waals surface area contributed by atoms with Gasteiger partial charge in [-0.2, -0.15) is 22.0 Å². The average molecular weight is 247 g/mol. The maximum atomic E-state index is 12.7. The molecule has 9 heteroatoms. The minimum Gasteiger partial charge on any atom is -0.476 e. The van der Waals surface area contributed by atoms with Crippen LogP contribution in [0.2, 0.25) is 0 Å². The summed E-state index contributed by atoms with van der Waals surface area (Å²) in [6.45, 7) is 0. The largest absolute Gasteiger partial charge is 0.476 e. The van der Waals surface area contributed by atoms with Crippen molar-refractivity contribution in [2.24, 2.45) is 0 Å². The molecule has 0 radical (unpaired) electrons. The van der Waals surface area contributed by atoms with Crippen LogP contribution in [0.25, 0.3) is 0 Å². The van der Waals surface area contributed by atoms with Crippen molar-refractivity contribution < 1.29 is 31.9 Å². The van der Waals surface area contributed by atoms with Gasteiger partial charge in [-0.1, -0.05) is 0 Å². The van der Waals surface area contributed by atoms with E-state index in [1.54, 1.807) is 0 Å². The van der Waals surface area contributed by atoms with Crippen molar-refractivity contribution >= 4 is 17.3 Å². The Balaban J connectivity index is 3.10. The molecule has 1 rings (SSSR count). The van der Waals surface area contributed by atoms with E-state index in [1.807, 2.05) is 0 Å². The molecule has 1 aromatic rings. The minimum atomic E-state index is -4.85. The van der Waals surface area contributed by atoms with Crippen LogP contribution in [0.15, 0.2) is 5.38 Å². The van der Waals surface area contributed by atoms with Crippen LogP contribution in [0, 0.1) is 0 Å². The Bertz CT molecular complexity index is 385. The van der Waals surface area contributed by atoms with E-state index in [1.165, 1.54) is 0 Å². The lowest BCUT2D eigenvalue weighted by Gasteiger charge is -2.06. The zero-order valence-electron chi connectivity index (χ0n) is 6.68. The Morgan fingerprint density at radius 2 is 1.87 bits per heavy atom. The average Bonchev–Trinajstić information content (AvgIpc) is 2.50. The Labute approximate surface area is 83.2 Å². The molecule has 0 spiro atoms. The third kappa shape index (κ3) is 2.22. The van der Waals surface area contributed by atoms with Crippen LogP contribution in [0.1, 0.15) is 10.7 Å². The molecule has 0 bridgehead atoms. The van der Waals surface area contributed by atoms with Crippen molar-refractivity contribution in [2.45, 2.75) is 12.1 Å². The van der Waals surface area contributed by atoms with Crippen molar-refractivity contribution in [1.82, 2.24) is 4.98 Å². The molecule has 0 unspecified atom stereocenters. The summed E-state index contributed by atoms with van der Waals surface area (Å²) in [7, 11) is 0. The van der Waals surface area contributed by atoms with Crippen LogP contribution in [0.3, 0.4) is 0 Å². The number of carboxylic acids is 1. The van der Waals surface area contributed by atoms with E-state index >= 15 is 0 Å². The van der Waals surface area contributed by atoms with Crippen LogP contribution in [-0.4, -0.2) is 16.1 Å². The summed E-state index contributed by atoms with van der Waals surface area (Å²) < 4.78 is 61.2. The van der Waals surface area contributed by atoms with E-state index in [4.69, 9.17) is 5.11 Å². The smallest absolute Gasteiger partial charge is 0.443 e. The number of hydrogen-bond donors (Lipinski definition) is 1. The summed E-state index contributed by atoms with van der Waals surface area (Å²) in [6, 6.07) is 0. The monoisotopic (exact) mass is 247 g/mol. The molecule has 0 aliphatic carbocycles. The summed E-state index contributed by atoms with van der Waals surface area (Å²) in [6.07, 6.45) is -4.85. The Morgan fingerprint density at radius 1 is 1.33 bits per heavy atom. The van der Waals surface area contributed by atoms with Gasteiger partial charge >= 0.3 is 18.1 Å². The molecule has 3 nitrogen and oxygen atoms in total. The van der Waals surface area contributed by atoms with Crippen LogP contribution in [0.4, 0.5) is 22.0 Å². The molecule has 15 heavy (non-hydrogen) atoms. The third-order valence-electron chi connectivity index (χ3n) is 1.34. The van der Waals surface area contributed by atoms with Gasteiger partial charge in [-0.05, 0) is 0 Å². The molecule has 0 aliphatic heterocycles. The Hall–Kier alpha value is -1.25. The molecule has 0 atom stereocenters. The lowest BCUT2D eigenvalue weighted by Crippen LogP contribution is -2.26. The highest BCUT2D eigenvalue weighted by molar-refractivity contribution is 7.09. The number of aromatic nitrogens is 1. The molecule has 0 fully saturated rings. The molecular formula is C6H2F5NO2S. The predicted molar refractivity (Wildman–Crippen MR) is 38.6 cm³/mol. The number of nitrogens with zero attached hydrogens (tertiary/aromatic N) is 1. The van der Waals surface area contributed by atoms with E-state index in [2.05, 4.69) is 4.98 Å². The van der Waals surface area contributed by atoms with E-state index in [0.717, 1.165) is 0 Å². The number of halogens is 5. The normalized spacial score (nSPS) is 12.9. The summed E-state index contributed by atoms with van der Waals surface area (Å²) in [5, 5.41) is 6.91. The topological polar surface area (TPSA) is 50.2 Å². The highest BCUT2D eigenvalue weighted by atomic mass is 32.1. The van der Waals surface area contributed by atoms with E-state index < -0.39 is 28.8 Å². The van der Waals surface area contributed by atoms with E-state index in [0.29, 0.717) is 5.38 Å². The zero-order valence-corrected chi connectivity index (χ0v) is 7.49. The van der Waals surface area contributed by atoms with Crippen molar-refractivity contribution in [1.29, 1.82) is 0 Å². The fourth-order valence-electron chi connectivity index (χ4n) is 0.658. The first-order valence-electron chi connectivity index (χ1n) is 3.30. The molecule has 0 saturated carbocycles. The van der Waals surface area contributed by atoms with Gasteiger partial charge in [0, 0.05) is 5.38 Å². The Kier molecular flexibility index (Phi) is 2.68. The highest BCUT2D eigenvalue weighted by Crippen LogP contribution is 2.36. The molecule has 1 aromatic heterocycles. The van der Waals surface area contributed by atoms with E-state index in [9.17, 15) is 26.7 Å². The molecule has 0 aromatic carbocycles. The number of carboxylic acid groups (broad SMARTS) is 1. The SMILES string of the molecule is O=C(O)C(F)(F)c1csc(C(F)(F)F)n1. The van der Waals surface area contributed by atoms with Crippen LogP contribution < -0.4 is 0 Å². The van der Waals surface area contributed by atoms with Crippen molar-refractivity contribution in [2.75, 3.05) is 0 Å². The lowest BCUT2D eigenvalue weighted by molar-refractivity contribution is -0.167. The summed E-state index contributed by atoms with van der Waals surface area (Å²) in [5.74, 6) is -6.94. The number of carbonyl (C=O) groups is 1. The number of aliphatic carboxylic acids is 1. The van der Waals surface area contributed by atoms with Gasteiger partial charge in [0.05, 0.1) is 0 Å². The first kappa shape index (κ1) is 11.8. The summed E-state index contributed by atoms with van der Waals surface area (Å²) >= 11 is -0.0787. The molecule has 84 valence electrons. The van der Waals surface area contributed by atoms with Gasteiger partial charge in [0.2, 0.25) is 0 Å². The second-order valence-corrected chi connectivity index (χ2v) is 3.27. The van der Waals surface area contributed by atoms with Gasteiger partial charge in [-0.25, -0.2) is 9.78 Å². The van der Waals surface area contributed by atoms with Gasteiger partial charge in [0.1, 0.15) is 5.69 Å². The van der Waals surface area contributed by atoms with Crippen LogP contribution in [0.5, 0.6) is 0 Å². The van der Waals surface area contributed by atoms with Crippen molar-refractivity contribution in [3.63, 3.8) is 0 Å². The Morgan fingerprint density at radius 3 is 2.20 bits per heavy atom. The fourth-order valence-corrected chi connectivity index (χ4v) is 1.37. The zero-order chi connectivity index (χ0) is 11.9. The number of alkyl halides is 5. The van der Waals surface area contributed by atoms with Gasteiger partial charge in [-0.3, -0.25) is 0 Å². The van der Waals surface area contributed by atoms with Crippen LogP contribution in [-0.2, 0) is 16.9 Å². The molecule has 1 heterocycles. The highest BCUT2D eigenvalue weighted by Gasteiger charge is 2.45. The number of hydrogen-bond acceptors (Lipinski definition) is 3. The third-order valence-corrected chi connectivity index (χ3v) is 2.22. The summed E-state index contributed by atoms with van der Waals surface area (Å²) in [5.41, 5.74) is -1.41. The lowest BCUT2D eigenvalue weighted by atomic mass is 10.3. The first-order chi connectivity index (χ1) is 6.65. The number of rotatable bonds is 2. The minimum absolute atomic E-state index is 0.0787. The van der Waals surface area contributed by atoms with Gasteiger partial charge < -0.3 is 5.11 Å². The van der Waals surface area contributed by atoms with E-state index in [-0.39, 0.29) is 11.3 Å². The number of thiazole rings is 1. The molecular weight excluding hydrogens is 245 g/mol. The maximum absolute atomic E-state index is 12.7. The quantitative estimate of drug-likeness (QED) is 0.816. The van der Waals surface area contributed by atoms with Crippen molar-refractivity contribution in [3.8, 4) is 0 Å². The van der Waals surface area contributed by atoms with Gasteiger partial charge in [0.25, 0.3) is 0 Å². The first-order valence-corrected chi connectivity index (χ1v) is 4.18. The van der Waals surface area contributed by atoms with Gasteiger partial charge in [-0.15, -0.1) is 11.3 Å². The molecule has 1 N–H and O–H groups in total. The second kappa shape index (κ2) is 3.40. The second-order valence-electron chi connectivity index (χ2n) is 2.42.